The number of nitrogen functional groups attached to an aromatic ring is 1. The third-order valence-corrected chi connectivity index (χ3v) is 4.11. The van der Waals surface area contributed by atoms with Crippen molar-refractivity contribution in [3.63, 3.8) is 0 Å². The number of nitrogens with two attached hydrogens (primary N) is 1. The SMILES string of the molecule is Cc1nnc(SCC(=O)N[C@H](C)c2ccc(Cl)cc2)n1N. The predicted octanol–water partition coefficient (Wildman–Crippen LogP) is 1.92. The molecule has 0 spiro atoms. The molecule has 2 aromatic rings. The molecule has 0 aliphatic rings. The quantitative estimate of drug-likeness (QED) is 0.648. The maximum atomic E-state index is 11.9. The summed E-state index contributed by atoms with van der Waals surface area (Å²) in [5.74, 6) is 6.46. The Kier molecular flexibility index (Phi) is 5.08. The molecule has 112 valence electrons. The third kappa shape index (κ3) is 4.12. The lowest BCUT2D eigenvalue weighted by atomic mass is 10.1. The lowest BCUT2D eigenvalue weighted by Crippen LogP contribution is -2.28. The predicted molar refractivity (Wildman–Crippen MR) is 83.6 cm³/mol. The van der Waals surface area contributed by atoms with Crippen molar-refractivity contribution in [3.05, 3.63) is 40.7 Å². The molecule has 0 aliphatic heterocycles. The topological polar surface area (TPSA) is 85.8 Å². The summed E-state index contributed by atoms with van der Waals surface area (Å²) in [6.07, 6.45) is 0. The van der Waals surface area contributed by atoms with Gasteiger partial charge in [0.05, 0.1) is 11.8 Å². The zero-order valence-electron chi connectivity index (χ0n) is 11.7. The number of benzene rings is 1. The van der Waals surface area contributed by atoms with Gasteiger partial charge in [-0.3, -0.25) is 4.79 Å². The van der Waals surface area contributed by atoms with Gasteiger partial charge in [-0.25, -0.2) is 4.68 Å². The summed E-state index contributed by atoms with van der Waals surface area (Å²) >= 11 is 7.09. The van der Waals surface area contributed by atoms with Gasteiger partial charge in [-0.05, 0) is 31.5 Å². The first-order valence-corrected chi connectivity index (χ1v) is 7.68. The molecule has 21 heavy (non-hydrogen) atoms. The van der Waals surface area contributed by atoms with Crippen molar-refractivity contribution in [1.29, 1.82) is 0 Å². The number of halogens is 1. The Morgan fingerprint density at radius 3 is 2.67 bits per heavy atom. The highest BCUT2D eigenvalue weighted by Gasteiger charge is 2.12. The molecule has 1 aromatic carbocycles. The normalized spacial score (nSPS) is 12.1. The average molecular weight is 326 g/mol. The van der Waals surface area contributed by atoms with Crippen LogP contribution in [0.15, 0.2) is 29.4 Å². The summed E-state index contributed by atoms with van der Waals surface area (Å²) in [5.41, 5.74) is 0.996. The maximum Gasteiger partial charge on any atom is 0.230 e. The van der Waals surface area contributed by atoms with E-state index < -0.39 is 0 Å². The van der Waals surface area contributed by atoms with Gasteiger partial charge in [0.1, 0.15) is 5.82 Å². The van der Waals surface area contributed by atoms with Gasteiger partial charge in [0.25, 0.3) is 0 Å². The van der Waals surface area contributed by atoms with Crippen LogP contribution in [-0.2, 0) is 4.79 Å². The van der Waals surface area contributed by atoms with Gasteiger partial charge < -0.3 is 11.2 Å². The highest BCUT2D eigenvalue weighted by atomic mass is 35.5. The van der Waals surface area contributed by atoms with Crippen LogP contribution in [0.1, 0.15) is 24.4 Å². The monoisotopic (exact) mass is 325 g/mol. The van der Waals surface area contributed by atoms with E-state index in [4.69, 9.17) is 17.4 Å². The van der Waals surface area contributed by atoms with Crippen LogP contribution < -0.4 is 11.2 Å². The zero-order valence-corrected chi connectivity index (χ0v) is 13.3. The number of amides is 1. The molecule has 1 aromatic heterocycles. The highest BCUT2D eigenvalue weighted by molar-refractivity contribution is 7.99. The number of carbonyl (C=O) groups is 1. The number of carbonyl (C=O) groups excluding carboxylic acids is 1. The Balaban J connectivity index is 1.87. The van der Waals surface area contributed by atoms with Crippen LogP contribution in [0.3, 0.4) is 0 Å². The van der Waals surface area contributed by atoms with Gasteiger partial charge in [0, 0.05) is 5.02 Å². The van der Waals surface area contributed by atoms with E-state index in [1.165, 1.54) is 16.4 Å². The molecule has 1 atom stereocenters. The molecule has 0 unspecified atom stereocenters. The number of hydrogen-bond donors (Lipinski definition) is 2. The minimum atomic E-state index is -0.0943. The van der Waals surface area contributed by atoms with E-state index in [1.54, 1.807) is 19.1 Å². The Hall–Kier alpha value is -1.73. The van der Waals surface area contributed by atoms with E-state index in [-0.39, 0.29) is 17.7 Å². The Morgan fingerprint density at radius 1 is 1.43 bits per heavy atom. The van der Waals surface area contributed by atoms with Crippen molar-refractivity contribution in [2.45, 2.75) is 25.0 Å². The van der Waals surface area contributed by atoms with Crippen LogP contribution >= 0.6 is 23.4 Å². The molecule has 1 heterocycles. The van der Waals surface area contributed by atoms with Gasteiger partial charge in [0.2, 0.25) is 11.1 Å². The molecule has 8 heteroatoms. The van der Waals surface area contributed by atoms with Crippen molar-refractivity contribution < 1.29 is 4.79 Å². The first-order valence-electron chi connectivity index (χ1n) is 6.32. The third-order valence-electron chi connectivity index (χ3n) is 2.91. The van der Waals surface area contributed by atoms with Crippen molar-refractivity contribution >= 4 is 29.3 Å². The molecule has 1 amide bonds. The van der Waals surface area contributed by atoms with E-state index in [1.807, 2.05) is 19.1 Å². The molecule has 2 rings (SSSR count). The molecular weight excluding hydrogens is 310 g/mol. The van der Waals surface area contributed by atoms with Gasteiger partial charge in [-0.1, -0.05) is 35.5 Å². The van der Waals surface area contributed by atoms with E-state index >= 15 is 0 Å². The summed E-state index contributed by atoms with van der Waals surface area (Å²) in [6, 6.07) is 7.29. The number of aryl methyl sites for hydroxylation is 1. The zero-order chi connectivity index (χ0) is 15.4. The molecule has 0 bridgehead atoms. The van der Waals surface area contributed by atoms with E-state index in [2.05, 4.69) is 15.5 Å². The first kappa shape index (κ1) is 15.7. The standard InChI is InChI=1S/C13H16ClN5OS/c1-8(10-3-5-11(14)6-4-10)16-12(20)7-21-13-18-17-9(2)19(13)15/h3-6,8H,7,15H2,1-2H3,(H,16,20)/t8-/m1/s1. The second-order valence-electron chi connectivity index (χ2n) is 4.53. The van der Waals surface area contributed by atoms with Crippen molar-refractivity contribution in [3.8, 4) is 0 Å². The molecule has 0 aliphatic carbocycles. The number of aromatic nitrogens is 3. The average Bonchev–Trinajstić information content (AvgIpc) is 2.77. The first-order chi connectivity index (χ1) is 9.97. The minimum Gasteiger partial charge on any atom is -0.349 e. The van der Waals surface area contributed by atoms with Crippen LogP contribution in [0.25, 0.3) is 0 Å². The summed E-state index contributed by atoms with van der Waals surface area (Å²) < 4.78 is 1.36. The molecule has 0 fully saturated rings. The number of hydrogen-bond acceptors (Lipinski definition) is 5. The summed E-state index contributed by atoms with van der Waals surface area (Å²) in [6.45, 7) is 3.67. The summed E-state index contributed by atoms with van der Waals surface area (Å²) in [5, 5.41) is 11.8. The van der Waals surface area contributed by atoms with Crippen LogP contribution in [0, 0.1) is 6.92 Å². The lowest BCUT2D eigenvalue weighted by Gasteiger charge is -2.14. The van der Waals surface area contributed by atoms with Crippen LogP contribution in [0.2, 0.25) is 5.02 Å². The van der Waals surface area contributed by atoms with Gasteiger partial charge in [0.15, 0.2) is 0 Å². The fourth-order valence-corrected chi connectivity index (χ4v) is 2.54. The van der Waals surface area contributed by atoms with Gasteiger partial charge in [-0.2, -0.15) is 0 Å². The number of rotatable bonds is 5. The number of nitrogens with one attached hydrogen (secondary N) is 1. The fraction of sp³-hybridized carbons (Fsp3) is 0.308. The second kappa shape index (κ2) is 6.82. The molecular formula is C13H16ClN5OS. The van der Waals surface area contributed by atoms with E-state index in [0.717, 1.165) is 5.56 Å². The lowest BCUT2D eigenvalue weighted by molar-refractivity contribution is -0.119. The molecule has 0 saturated carbocycles. The molecule has 0 radical (unpaired) electrons. The smallest absolute Gasteiger partial charge is 0.230 e. The van der Waals surface area contributed by atoms with Crippen molar-refractivity contribution in [1.82, 2.24) is 20.2 Å². The number of nitrogens with zero attached hydrogens (tertiary/aromatic N) is 3. The van der Waals surface area contributed by atoms with Crippen molar-refractivity contribution in [2.75, 3.05) is 11.6 Å². The Morgan fingerprint density at radius 2 is 2.10 bits per heavy atom. The fourth-order valence-electron chi connectivity index (χ4n) is 1.70. The minimum absolute atomic E-state index is 0.0900. The molecule has 0 saturated heterocycles. The number of thioether (sulfide) groups is 1. The summed E-state index contributed by atoms with van der Waals surface area (Å²) in [4.78, 5) is 11.9. The highest BCUT2D eigenvalue weighted by Crippen LogP contribution is 2.17. The Labute approximate surface area is 132 Å². The van der Waals surface area contributed by atoms with Crippen LogP contribution in [0.5, 0.6) is 0 Å². The Bertz CT molecular complexity index is 628. The summed E-state index contributed by atoms with van der Waals surface area (Å²) in [7, 11) is 0. The van der Waals surface area contributed by atoms with Crippen LogP contribution in [0.4, 0.5) is 0 Å². The molecule has 3 N–H and O–H groups in total. The molecule has 6 nitrogen and oxygen atoms in total. The van der Waals surface area contributed by atoms with Crippen molar-refractivity contribution in [2.24, 2.45) is 0 Å². The van der Waals surface area contributed by atoms with E-state index in [9.17, 15) is 4.79 Å². The maximum absolute atomic E-state index is 11.9. The largest absolute Gasteiger partial charge is 0.349 e. The second-order valence-corrected chi connectivity index (χ2v) is 5.91. The van der Waals surface area contributed by atoms with Gasteiger partial charge in [-0.15, -0.1) is 10.2 Å². The van der Waals surface area contributed by atoms with Crippen LogP contribution in [-0.4, -0.2) is 26.5 Å². The van der Waals surface area contributed by atoms with Gasteiger partial charge >= 0.3 is 0 Å². The van der Waals surface area contributed by atoms with E-state index in [0.29, 0.717) is 16.0 Å².